The van der Waals surface area contributed by atoms with Crippen molar-refractivity contribution < 1.29 is 9.53 Å². The number of aromatic nitrogens is 2. The number of carbonyl (C=O) groups excluding carboxylic acids is 1. The van der Waals surface area contributed by atoms with Crippen LogP contribution in [0.2, 0.25) is 0 Å². The largest absolute Gasteiger partial charge is 0.443 e. The molecule has 1 saturated heterocycles. The van der Waals surface area contributed by atoms with Crippen LogP contribution in [-0.4, -0.2) is 35.3 Å². The van der Waals surface area contributed by atoms with E-state index in [4.69, 9.17) is 10.5 Å². The fourth-order valence-electron chi connectivity index (χ4n) is 2.04. The zero-order valence-electron chi connectivity index (χ0n) is 9.47. The summed E-state index contributed by atoms with van der Waals surface area (Å²) in [5.74, 6) is 0. The molecule has 7 heteroatoms. The first-order chi connectivity index (χ1) is 8.67. The van der Waals surface area contributed by atoms with Gasteiger partial charge in [-0.1, -0.05) is 0 Å². The van der Waals surface area contributed by atoms with E-state index in [-0.39, 0.29) is 11.8 Å². The molecule has 1 aromatic heterocycles. The lowest BCUT2D eigenvalue weighted by atomic mass is 10.2. The third-order valence-electron chi connectivity index (χ3n) is 2.95. The Hall–Kier alpha value is -2.28. The van der Waals surface area contributed by atoms with Crippen LogP contribution in [0.3, 0.4) is 0 Å². The number of aromatic amines is 2. The van der Waals surface area contributed by atoms with Crippen LogP contribution in [0, 0.1) is 0 Å². The molecule has 0 bridgehead atoms. The van der Waals surface area contributed by atoms with Gasteiger partial charge >= 0.3 is 11.8 Å². The summed E-state index contributed by atoms with van der Waals surface area (Å²) in [6.45, 7) is 0.723. The van der Waals surface area contributed by atoms with Crippen molar-refractivity contribution >= 4 is 22.8 Å². The molecule has 0 radical (unpaired) electrons. The van der Waals surface area contributed by atoms with Crippen LogP contribution in [-0.2, 0) is 4.74 Å². The summed E-state index contributed by atoms with van der Waals surface area (Å²) in [5, 5.41) is 0. The molecule has 18 heavy (non-hydrogen) atoms. The number of rotatable bonds is 2. The number of carbonyl (C=O) groups is 1. The molecule has 94 valence electrons. The number of benzene rings is 1. The van der Waals surface area contributed by atoms with E-state index >= 15 is 0 Å². The summed E-state index contributed by atoms with van der Waals surface area (Å²) < 4.78 is 5.08. The first-order valence-electron chi connectivity index (χ1n) is 5.57. The monoisotopic (exact) mass is 248 g/mol. The summed E-state index contributed by atoms with van der Waals surface area (Å²) >= 11 is 0. The van der Waals surface area contributed by atoms with Crippen molar-refractivity contribution in [1.29, 1.82) is 0 Å². The minimum absolute atomic E-state index is 0.272. The summed E-state index contributed by atoms with van der Waals surface area (Å²) in [5.41, 5.74) is 7.24. The van der Waals surface area contributed by atoms with Crippen LogP contribution in [0.15, 0.2) is 23.0 Å². The minimum atomic E-state index is -0.414. The van der Waals surface area contributed by atoms with Crippen molar-refractivity contribution in [3.63, 3.8) is 0 Å². The Morgan fingerprint density at radius 2 is 2.11 bits per heavy atom. The van der Waals surface area contributed by atoms with Crippen LogP contribution in [0.4, 0.5) is 10.5 Å². The molecule has 1 fully saturated rings. The molecular formula is C11H12N4O3. The predicted octanol–water partition coefficient (Wildman–Crippen LogP) is 0.140. The number of nitrogens with zero attached hydrogens (tertiary/aromatic N) is 1. The molecule has 1 amide bonds. The van der Waals surface area contributed by atoms with Gasteiger partial charge in [-0.05, 0) is 18.2 Å². The molecule has 4 N–H and O–H groups in total. The van der Waals surface area contributed by atoms with E-state index in [1.54, 1.807) is 18.2 Å². The van der Waals surface area contributed by atoms with Gasteiger partial charge < -0.3 is 20.4 Å². The van der Waals surface area contributed by atoms with Gasteiger partial charge in [0.15, 0.2) is 0 Å². The van der Waals surface area contributed by atoms with Crippen LogP contribution in [0.25, 0.3) is 11.0 Å². The van der Waals surface area contributed by atoms with Gasteiger partial charge in [-0.2, -0.15) is 0 Å². The normalized spacial score (nSPS) is 19.5. The number of H-pyrrole nitrogens is 2. The van der Waals surface area contributed by atoms with Gasteiger partial charge in [-0.25, -0.2) is 9.59 Å². The third-order valence-corrected chi connectivity index (χ3v) is 2.95. The van der Waals surface area contributed by atoms with E-state index in [0.717, 1.165) is 0 Å². The van der Waals surface area contributed by atoms with E-state index < -0.39 is 6.09 Å². The molecule has 3 rings (SSSR count). The Bertz CT molecular complexity index is 660. The van der Waals surface area contributed by atoms with Gasteiger partial charge in [0, 0.05) is 12.2 Å². The molecule has 1 aliphatic rings. The molecular weight excluding hydrogens is 236 g/mol. The maximum atomic E-state index is 11.7. The molecule has 2 aromatic rings. The Morgan fingerprint density at radius 3 is 2.83 bits per heavy atom. The highest BCUT2D eigenvalue weighted by atomic mass is 16.6. The van der Waals surface area contributed by atoms with Gasteiger partial charge in [0.25, 0.3) is 0 Å². The minimum Gasteiger partial charge on any atom is -0.443 e. The van der Waals surface area contributed by atoms with E-state index in [1.807, 2.05) is 0 Å². The number of nitrogens with one attached hydrogen (secondary N) is 2. The zero-order valence-corrected chi connectivity index (χ0v) is 9.47. The van der Waals surface area contributed by atoms with Crippen molar-refractivity contribution in [3.8, 4) is 0 Å². The van der Waals surface area contributed by atoms with Crippen LogP contribution >= 0.6 is 0 Å². The summed E-state index contributed by atoms with van der Waals surface area (Å²) in [7, 11) is 0. The maximum Gasteiger partial charge on any atom is 0.414 e. The molecule has 1 atom stereocenters. The molecule has 0 saturated carbocycles. The molecule has 1 unspecified atom stereocenters. The Kier molecular flexibility index (Phi) is 2.34. The number of anilines is 1. The second-order valence-corrected chi connectivity index (χ2v) is 4.16. The van der Waals surface area contributed by atoms with Crippen molar-refractivity contribution in [2.24, 2.45) is 5.73 Å². The number of cyclic esters (lactones) is 1. The second kappa shape index (κ2) is 3.88. The molecule has 1 aliphatic heterocycles. The fourth-order valence-corrected chi connectivity index (χ4v) is 2.04. The van der Waals surface area contributed by atoms with Crippen molar-refractivity contribution in [2.75, 3.05) is 18.0 Å². The third kappa shape index (κ3) is 1.65. The fraction of sp³-hybridized carbons (Fsp3) is 0.273. The summed E-state index contributed by atoms with van der Waals surface area (Å²) in [4.78, 5) is 29.6. The van der Waals surface area contributed by atoms with Gasteiger partial charge in [0.2, 0.25) is 0 Å². The summed E-state index contributed by atoms with van der Waals surface area (Å²) in [6, 6.07) is 5.23. The van der Waals surface area contributed by atoms with Gasteiger partial charge in [0.05, 0.1) is 17.6 Å². The molecule has 1 aromatic carbocycles. The van der Waals surface area contributed by atoms with Crippen LogP contribution < -0.4 is 16.3 Å². The Morgan fingerprint density at radius 1 is 1.33 bits per heavy atom. The van der Waals surface area contributed by atoms with Crippen molar-refractivity contribution in [3.05, 3.63) is 28.7 Å². The number of ether oxygens (including phenoxy) is 1. The Labute approximate surface area is 102 Å². The standard InChI is InChI=1S/C11H12N4O3/c12-4-7-5-15(11(17)18-7)6-1-2-8-9(3-6)14-10(16)13-8/h1-3,7H,4-5,12H2,(H2,13,14,16). The van der Waals surface area contributed by atoms with E-state index in [2.05, 4.69) is 9.97 Å². The average molecular weight is 248 g/mol. The van der Waals surface area contributed by atoms with E-state index in [9.17, 15) is 9.59 Å². The van der Waals surface area contributed by atoms with Gasteiger partial charge in [-0.15, -0.1) is 0 Å². The first kappa shape index (κ1) is 10.8. The first-order valence-corrected chi connectivity index (χ1v) is 5.57. The predicted molar refractivity (Wildman–Crippen MR) is 65.6 cm³/mol. The smallest absolute Gasteiger partial charge is 0.414 e. The molecule has 0 aliphatic carbocycles. The lowest BCUT2D eigenvalue weighted by Gasteiger charge is -2.12. The van der Waals surface area contributed by atoms with Crippen molar-refractivity contribution in [2.45, 2.75) is 6.10 Å². The SMILES string of the molecule is NCC1CN(c2ccc3[nH]c(=O)[nH]c3c2)C(=O)O1. The maximum absolute atomic E-state index is 11.7. The molecule has 2 heterocycles. The number of hydrogen-bond acceptors (Lipinski definition) is 4. The lowest BCUT2D eigenvalue weighted by molar-refractivity contribution is 0.145. The number of amides is 1. The lowest BCUT2D eigenvalue weighted by Crippen LogP contribution is -2.27. The number of nitrogens with two attached hydrogens (primary N) is 1. The second-order valence-electron chi connectivity index (χ2n) is 4.16. The number of imidazole rings is 1. The highest BCUT2D eigenvalue weighted by Gasteiger charge is 2.31. The quantitative estimate of drug-likeness (QED) is 0.703. The summed E-state index contributed by atoms with van der Waals surface area (Å²) in [6.07, 6.45) is -0.693. The average Bonchev–Trinajstić information content (AvgIpc) is 2.89. The molecule has 7 nitrogen and oxygen atoms in total. The zero-order chi connectivity index (χ0) is 12.7. The number of fused-ring (bicyclic) bond motifs is 1. The highest BCUT2D eigenvalue weighted by molar-refractivity contribution is 5.92. The number of hydrogen-bond donors (Lipinski definition) is 3. The van der Waals surface area contributed by atoms with Crippen LogP contribution in [0.5, 0.6) is 0 Å². The van der Waals surface area contributed by atoms with Crippen molar-refractivity contribution in [1.82, 2.24) is 9.97 Å². The topological polar surface area (TPSA) is 104 Å². The van der Waals surface area contributed by atoms with Gasteiger partial charge in [0.1, 0.15) is 6.10 Å². The van der Waals surface area contributed by atoms with Gasteiger partial charge in [-0.3, -0.25) is 4.90 Å². The van der Waals surface area contributed by atoms with E-state index in [1.165, 1.54) is 4.90 Å². The highest BCUT2D eigenvalue weighted by Crippen LogP contribution is 2.23. The van der Waals surface area contributed by atoms with E-state index in [0.29, 0.717) is 29.8 Å². The Balaban J connectivity index is 1.99. The molecule has 0 spiro atoms. The van der Waals surface area contributed by atoms with Crippen LogP contribution in [0.1, 0.15) is 0 Å².